The highest BCUT2D eigenvalue weighted by Crippen LogP contribution is 2.30. The predicted octanol–water partition coefficient (Wildman–Crippen LogP) is 6.13. The van der Waals surface area contributed by atoms with Crippen LogP contribution in [0.1, 0.15) is 0 Å². The van der Waals surface area contributed by atoms with Crippen molar-refractivity contribution in [1.82, 2.24) is 9.97 Å². The summed E-state index contributed by atoms with van der Waals surface area (Å²) in [6, 6.07) is 17.8. The van der Waals surface area contributed by atoms with Gasteiger partial charge in [0, 0.05) is 20.8 Å². The minimum absolute atomic E-state index is 0.0275. The minimum Gasteiger partial charge on any atom is -0.337 e. The monoisotopic (exact) mass is 478 g/mol. The molecule has 0 radical (unpaired) electrons. The quantitative estimate of drug-likeness (QED) is 0.359. The number of benzene rings is 3. The Morgan fingerprint density at radius 2 is 1.27 bits per heavy atom. The Balaban J connectivity index is 1.79. The Kier molecular flexibility index (Phi) is 5.71. The van der Waals surface area contributed by atoms with Crippen molar-refractivity contribution in [2.75, 3.05) is 10.0 Å². The Labute approximate surface area is 187 Å². The summed E-state index contributed by atoms with van der Waals surface area (Å²) in [6.45, 7) is 0. The fraction of sp³-hybridized carbons (Fsp3) is 0. The molecule has 4 rings (SSSR count). The molecule has 0 saturated carbocycles. The zero-order chi connectivity index (χ0) is 21.3. The van der Waals surface area contributed by atoms with Crippen molar-refractivity contribution in [1.29, 1.82) is 0 Å². The summed E-state index contributed by atoms with van der Waals surface area (Å²) in [6.07, 6.45) is 0. The molecule has 0 amide bonds. The van der Waals surface area contributed by atoms with E-state index in [2.05, 4.69) is 20.0 Å². The molecule has 3 aromatic carbocycles. The molecule has 1 aromatic heterocycles. The van der Waals surface area contributed by atoms with Crippen molar-refractivity contribution >= 4 is 73.2 Å². The van der Waals surface area contributed by atoms with E-state index in [4.69, 9.17) is 34.8 Å². The van der Waals surface area contributed by atoms with E-state index in [9.17, 15) is 8.42 Å². The van der Waals surface area contributed by atoms with E-state index in [1.807, 2.05) is 6.07 Å². The van der Waals surface area contributed by atoms with Gasteiger partial charge < -0.3 is 5.32 Å². The van der Waals surface area contributed by atoms with Crippen molar-refractivity contribution in [2.24, 2.45) is 0 Å². The molecule has 6 nitrogen and oxygen atoms in total. The molecule has 0 saturated heterocycles. The highest BCUT2D eigenvalue weighted by molar-refractivity contribution is 7.92. The summed E-state index contributed by atoms with van der Waals surface area (Å²) in [4.78, 5) is 8.99. The number of sulfonamides is 1. The molecule has 0 fully saturated rings. The van der Waals surface area contributed by atoms with Crippen LogP contribution in [-0.2, 0) is 10.0 Å². The van der Waals surface area contributed by atoms with Crippen LogP contribution in [0.2, 0.25) is 15.1 Å². The summed E-state index contributed by atoms with van der Waals surface area (Å²) in [5.74, 6) is 0.226. The van der Waals surface area contributed by atoms with Crippen molar-refractivity contribution in [3.8, 4) is 0 Å². The number of hydrogen-bond acceptors (Lipinski definition) is 5. The Hall–Kier alpha value is -2.58. The summed E-state index contributed by atoms with van der Waals surface area (Å²) in [5, 5.41) is 4.31. The summed E-state index contributed by atoms with van der Waals surface area (Å²) < 4.78 is 28.2. The van der Waals surface area contributed by atoms with Crippen LogP contribution in [0.25, 0.3) is 11.0 Å². The van der Waals surface area contributed by atoms with E-state index in [1.165, 1.54) is 24.3 Å². The number of hydrogen-bond donors (Lipinski definition) is 2. The van der Waals surface area contributed by atoms with Gasteiger partial charge in [0.1, 0.15) is 0 Å². The van der Waals surface area contributed by atoms with E-state index >= 15 is 0 Å². The number of nitrogens with one attached hydrogen (secondary N) is 2. The average Bonchev–Trinajstić information content (AvgIpc) is 2.68. The van der Waals surface area contributed by atoms with Crippen LogP contribution in [0.15, 0.2) is 71.6 Å². The standard InChI is InChI=1S/C20H13Cl3N4O2S/c21-12-5-7-16(8-6-12)30(28,29)27-20-19(24-15-10-13(22)9-14(23)11-15)25-17-3-1-2-4-18(17)26-20/h1-11H,(H,24,25)(H,26,27). The molecule has 10 heteroatoms. The second-order valence-corrected chi connectivity index (χ2v) is 9.24. The minimum atomic E-state index is -3.93. The summed E-state index contributed by atoms with van der Waals surface area (Å²) in [7, 11) is -3.93. The topological polar surface area (TPSA) is 84.0 Å². The molecule has 4 aromatic rings. The van der Waals surface area contributed by atoms with Gasteiger partial charge in [0.05, 0.1) is 15.9 Å². The fourth-order valence-electron chi connectivity index (χ4n) is 2.72. The van der Waals surface area contributed by atoms with Crippen molar-refractivity contribution in [3.63, 3.8) is 0 Å². The highest BCUT2D eigenvalue weighted by Gasteiger charge is 2.19. The maximum absolute atomic E-state index is 12.9. The number of aromatic nitrogens is 2. The van der Waals surface area contributed by atoms with Crippen LogP contribution in [0, 0.1) is 0 Å². The molecule has 0 atom stereocenters. The second-order valence-electron chi connectivity index (χ2n) is 6.25. The molecule has 0 aliphatic carbocycles. The van der Waals surface area contributed by atoms with E-state index in [1.54, 1.807) is 36.4 Å². The van der Waals surface area contributed by atoms with Gasteiger partial charge in [0.15, 0.2) is 11.6 Å². The molecule has 2 N–H and O–H groups in total. The maximum atomic E-state index is 12.9. The molecule has 152 valence electrons. The van der Waals surface area contributed by atoms with Crippen LogP contribution in [0.5, 0.6) is 0 Å². The Morgan fingerprint density at radius 1 is 0.700 bits per heavy atom. The molecule has 1 heterocycles. The van der Waals surface area contributed by atoms with Gasteiger partial charge in [-0.15, -0.1) is 0 Å². The number of nitrogens with zero attached hydrogens (tertiary/aromatic N) is 2. The van der Waals surface area contributed by atoms with Crippen LogP contribution in [-0.4, -0.2) is 18.4 Å². The SMILES string of the molecule is O=S(=O)(Nc1nc2ccccc2nc1Nc1cc(Cl)cc(Cl)c1)c1ccc(Cl)cc1. The van der Waals surface area contributed by atoms with Crippen LogP contribution in [0.3, 0.4) is 0 Å². The maximum Gasteiger partial charge on any atom is 0.263 e. The van der Waals surface area contributed by atoms with Crippen LogP contribution >= 0.6 is 34.8 Å². The van der Waals surface area contributed by atoms with Crippen molar-refractivity contribution in [3.05, 3.63) is 81.8 Å². The Bertz CT molecular complexity index is 1330. The van der Waals surface area contributed by atoms with E-state index in [0.717, 1.165) is 0 Å². The third kappa shape index (κ3) is 4.60. The van der Waals surface area contributed by atoms with Gasteiger partial charge in [-0.3, -0.25) is 4.72 Å². The third-order valence-corrected chi connectivity index (χ3v) is 6.09. The van der Waals surface area contributed by atoms with Crippen LogP contribution in [0.4, 0.5) is 17.3 Å². The van der Waals surface area contributed by atoms with Gasteiger partial charge in [-0.05, 0) is 54.6 Å². The normalized spacial score (nSPS) is 11.4. The largest absolute Gasteiger partial charge is 0.337 e. The number of rotatable bonds is 5. The van der Waals surface area contributed by atoms with E-state index in [0.29, 0.717) is 31.8 Å². The Morgan fingerprint density at radius 3 is 1.87 bits per heavy atom. The van der Waals surface area contributed by atoms with Crippen molar-refractivity contribution < 1.29 is 8.42 Å². The lowest BCUT2D eigenvalue weighted by atomic mass is 10.3. The molecule has 30 heavy (non-hydrogen) atoms. The average molecular weight is 480 g/mol. The first kappa shape index (κ1) is 20.7. The molecule has 0 spiro atoms. The van der Waals surface area contributed by atoms with Gasteiger partial charge in [-0.25, -0.2) is 18.4 Å². The smallest absolute Gasteiger partial charge is 0.263 e. The first-order valence-corrected chi connectivity index (χ1v) is 11.2. The number of fused-ring (bicyclic) bond motifs is 1. The van der Waals surface area contributed by atoms with E-state index < -0.39 is 10.0 Å². The molecular formula is C20H13Cl3N4O2S. The van der Waals surface area contributed by atoms with Crippen LogP contribution < -0.4 is 10.0 Å². The number of para-hydroxylation sites is 2. The van der Waals surface area contributed by atoms with Gasteiger partial charge in [0.2, 0.25) is 0 Å². The third-order valence-electron chi connectivity index (χ3n) is 4.05. The number of halogens is 3. The highest BCUT2D eigenvalue weighted by atomic mass is 35.5. The first-order valence-electron chi connectivity index (χ1n) is 8.58. The first-order chi connectivity index (χ1) is 14.3. The number of anilines is 3. The van der Waals surface area contributed by atoms with Gasteiger partial charge in [-0.1, -0.05) is 46.9 Å². The van der Waals surface area contributed by atoms with Gasteiger partial charge >= 0.3 is 0 Å². The lowest BCUT2D eigenvalue weighted by molar-refractivity contribution is 0.601. The molecule has 0 aliphatic rings. The fourth-order valence-corrected chi connectivity index (χ4v) is 4.38. The molecule has 0 aliphatic heterocycles. The zero-order valence-corrected chi connectivity index (χ0v) is 18.2. The summed E-state index contributed by atoms with van der Waals surface area (Å²) >= 11 is 18.0. The van der Waals surface area contributed by atoms with Crippen molar-refractivity contribution in [2.45, 2.75) is 4.90 Å². The molecule has 0 unspecified atom stereocenters. The van der Waals surface area contributed by atoms with E-state index in [-0.39, 0.29) is 16.5 Å². The summed E-state index contributed by atoms with van der Waals surface area (Å²) in [5.41, 5.74) is 1.65. The van der Waals surface area contributed by atoms with Gasteiger partial charge in [0.25, 0.3) is 10.0 Å². The predicted molar refractivity (Wildman–Crippen MR) is 122 cm³/mol. The zero-order valence-electron chi connectivity index (χ0n) is 15.1. The lowest BCUT2D eigenvalue weighted by Gasteiger charge is -2.14. The lowest BCUT2D eigenvalue weighted by Crippen LogP contribution is -2.16. The second kappa shape index (κ2) is 8.28. The molecular weight excluding hydrogens is 467 g/mol. The molecule has 0 bridgehead atoms. The van der Waals surface area contributed by atoms with Gasteiger partial charge in [-0.2, -0.15) is 0 Å².